The first-order chi connectivity index (χ1) is 22.5. The second-order valence-electron chi connectivity index (χ2n) is 12.8. The smallest absolute Gasteiger partial charge is 0.315 e. The molecule has 0 aliphatic carbocycles. The number of thioether (sulfide) groups is 1. The van der Waals surface area contributed by atoms with Crippen LogP contribution in [0.3, 0.4) is 0 Å². The zero-order chi connectivity index (χ0) is 34.3. The van der Waals surface area contributed by atoms with E-state index in [-0.39, 0.29) is 54.4 Å². The van der Waals surface area contributed by atoms with Crippen molar-refractivity contribution in [3.8, 4) is 5.75 Å². The molecule has 3 unspecified atom stereocenters. The summed E-state index contributed by atoms with van der Waals surface area (Å²) >= 11 is 1.87. The molecule has 2 saturated heterocycles. The van der Waals surface area contributed by atoms with Gasteiger partial charge in [-0.2, -0.15) is 11.8 Å². The highest BCUT2D eigenvalue weighted by molar-refractivity contribution is 8.00. The quantitative estimate of drug-likeness (QED) is 0.0706. The zero-order valence-electron chi connectivity index (χ0n) is 27.8. The summed E-state index contributed by atoms with van der Waals surface area (Å²) in [7, 11) is 0. The van der Waals surface area contributed by atoms with Gasteiger partial charge >= 0.3 is 6.03 Å². The third-order valence-electron chi connectivity index (χ3n) is 8.47. The number of carbonyl (C=O) groups is 5. The normalized spacial score (nSPS) is 20.4. The number of aromatic hydroxyl groups is 1. The van der Waals surface area contributed by atoms with Crippen LogP contribution in [-0.2, 0) is 25.6 Å². The van der Waals surface area contributed by atoms with E-state index in [1.54, 1.807) is 12.1 Å². The number of likely N-dealkylation sites (N-methyl/N-ethyl adjacent to an activating group) is 1. The Kier molecular flexibility index (Phi) is 15.6. The van der Waals surface area contributed by atoms with Gasteiger partial charge in [0, 0.05) is 30.4 Å². The van der Waals surface area contributed by atoms with Gasteiger partial charge in [-0.05, 0) is 68.7 Å². The average Bonchev–Trinajstić information content (AvgIpc) is 3.57. The van der Waals surface area contributed by atoms with Crippen LogP contribution in [-0.4, -0.2) is 89.1 Å². The maximum Gasteiger partial charge on any atom is 0.315 e. The molecule has 0 spiro atoms. The summed E-state index contributed by atoms with van der Waals surface area (Å²) < 4.78 is 0. The Balaban J connectivity index is 1.42. The summed E-state index contributed by atoms with van der Waals surface area (Å²) in [5, 5.41) is 27.6. The van der Waals surface area contributed by atoms with Crippen LogP contribution in [0, 0.1) is 5.92 Å². The van der Waals surface area contributed by atoms with Gasteiger partial charge < -0.3 is 42.7 Å². The molecule has 2 heterocycles. The molecule has 3 rings (SSSR count). The molecule has 1 aromatic carbocycles. The monoisotopic (exact) mass is 675 g/mol. The van der Waals surface area contributed by atoms with E-state index < -0.39 is 29.9 Å². The Morgan fingerprint density at radius 1 is 0.979 bits per heavy atom. The van der Waals surface area contributed by atoms with Gasteiger partial charge in [-0.1, -0.05) is 39.3 Å². The average molecular weight is 676 g/mol. The zero-order valence-corrected chi connectivity index (χ0v) is 28.6. The first-order valence-corrected chi connectivity index (χ1v) is 17.9. The molecule has 262 valence electrons. The molecule has 0 radical (unpaired) electrons. The molecule has 2 aliphatic rings. The Bertz CT molecular complexity index is 1200. The first-order valence-electron chi connectivity index (χ1n) is 16.8. The fraction of sp³-hybridized carbons (Fsp3) is 0.667. The van der Waals surface area contributed by atoms with E-state index in [9.17, 15) is 29.1 Å². The van der Waals surface area contributed by atoms with Gasteiger partial charge in [0.2, 0.25) is 23.6 Å². The Morgan fingerprint density at radius 2 is 1.68 bits per heavy atom. The standard InChI is InChI=1S/C33H53N7O6S/c1-4-35-24(17-20(2)3)31(44)38-25(18-21-12-14-22(41)15-13-21)32(45)37-23(30(34)43)9-7-8-16-36-28(42)11-6-5-10-27-29-26(19-47-27)39-33(46)40-29/h12-15,20,23-27,29,35,41H,4-11,16-19H2,1-3H3,(H2,34,43)(H,36,42)(H,37,45)(H,38,44)(H2,39,40,46)/t23-,24+,25+,26?,27?,29?/m1/s1. The minimum Gasteiger partial charge on any atom is -0.508 e. The molecule has 0 bridgehead atoms. The van der Waals surface area contributed by atoms with Gasteiger partial charge in [0.1, 0.15) is 17.8 Å². The van der Waals surface area contributed by atoms with Crippen LogP contribution in [0.5, 0.6) is 5.75 Å². The summed E-state index contributed by atoms with van der Waals surface area (Å²) in [6, 6.07) is 4.26. The van der Waals surface area contributed by atoms with Crippen molar-refractivity contribution >= 4 is 41.4 Å². The Labute approximate surface area is 282 Å². The summed E-state index contributed by atoms with van der Waals surface area (Å²) in [6.45, 7) is 6.98. The van der Waals surface area contributed by atoms with Gasteiger partial charge in [0.25, 0.3) is 0 Å². The van der Waals surface area contributed by atoms with Gasteiger partial charge in [0.15, 0.2) is 0 Å². The Hall–Kier alpha value is -3.52. The van der Waals surface area contributed by atoms with Crippen molar-refractivity contribution in [1.29, 1.82) is 0 Å². The lowest BCUT2D eigenvalue weighted by Gasteiger charge is -2.25. The summed E-state index contributed by atoms with van der Waals surface area (Å²) in [4.78, 5) is 62.8. The molecule has 6 atom stereocenters. The minimum atomic E-state index is -0.969. The number of hydrogen-bond donors (Lipinski definition) is 8. The van der Waals surface area contributed by atoms with Crippen LogP contribution >= 0.6 is 11.8 Å². The molecule has 0 saturated carbocycles. The fourth-order valence-corrected chi connectivity index (χ4v) is 7.52. The number of amides is 6. The van der Waals surface area contributed by atoms with Gasteiger partial charge in [-0.25, -0.2) is 4.79 Å². The molecule has 2 aliphatic heterocycles. The summed E-state index contributed by atoms with van der Waals surface area (Å²) in [5.74, 6) is -0.285. The number of fused-ring (bicyclic) bond motifs is 1. The Morgan fingerprint density at radius 3 is 2.36 bits per heavy atom. The number of urea groups is 1. The lowest BCUT2D eigenvalue weighted by Crippen LogP contribution is -2.56. The van der Waals surface area contributed by atoms with Gasteiger partial charge in [0.05, 0.1) is 18.1 Å². The second-order valence-corrected chi connectivity index (χ2v) is 14.1. The van der Waals surface area contributed by atoms with E-state index in [2.05, 4.69) is 31.9 Å². The number of carbonyl (C=O) groups excluding carboxylic acids is 5. The van der Waals surface area contributed by atoms with Crippen molar-refractivity contribution in [3.63, 3.8) is 0 Å². The van der Waals surface area contributed by atoms with Crippen LogP contribution in [0.25, 0.3) is 0 Å². The number of nitrogens with two attached hydrogens (primary N) is 1. The molecule has 6 amide bonds. The van der Waals surface area contributed by atoms with Crippen molar-refractivity contribution in [2.75, 3.05) is 18.8 Å². The SMILES string of the molecule is CCN[C@@H](CC(C)C)C(=O)N[C@@H](Cc1ccc(O)cc1)C(=O)N[C@H](CCCCNC(=O)CCCCC1SCC2NC(=O)NC21)C(N)=O. The molecule has 2 fully saturated rings. The van der Waals surface area contributed by atoms with Crippen LogP contribution in [0.15, 0.2) is 24.3 Å². The highest BCUT2D eigenvalue weighted by Crippen LogP contribution is 2.33. The highest BCUT2D eigenvalue weighted by atomic mass is 32.2. The fourth-order valence-electron chi connectivity index (χ4n) is 5.97. The lowest BCUT2D eigenvalue weighted by molar-refractivity contribution is -0.132. The number of phenols is 1. The van der Waals surface area contributed by atoms with E-state index >= 15 is 0 Å². The largest absolute Gasteiger partial charge is 0.508 e. The van der Waals surface area contributed by atoms with Crippen LogP contribution in [0.4, 0.5) is 4.79 Å². The predicted molar refractivity (Wildman–Crippen MR) is 183 cm³/mol. The number of benzene rings is 1. The minimum absolute atomic E-state index is 0.0290. The third kappa shape index (κ3) is 12.9. The van der Waals surface area contributed by atoms with Crippen molar-refractivity contribution in [2.24, 2.45) is 11.7 Å². The van der Waals surface area contributed by atoms with Gasteiger partial charge in [-0.3, -0.25) is 19.2 Å². The molecular formula is C33H53N7O6S. The molecule has 13 nitrogen and oxygen atoms in total. The first kappa shape index (κ1) is 37.9. The van der Waals surface area contributed by atoms with E-state index in [1.165, 1.54) is 12.1 Å². The number of nitrogens with one attached hydrogen (secondary N) is 6. The van der Waals surface area contributed by atoms with Crippen molar-refractivity contribution in [2.45, 2.75) is 114 Å². The molecule has 0 aromatic heterocycles. The maximum atomic E-state index is 13.4. The van der Waals surface area contributed by atoms with Crippen molar-refractivity contribution < 1.29 is 29.1 Å². The van der Waals surface area contributed by atoms with Crippen molar-refractivity contribution in [1.82, 2.24) is 31.9 Å². The molecule has 14 heteroatoms. The maximum absolute atomic E-state index is 13.4. The second kappa shape index (κ2) is 19.3. The van der Waals surface area contributed by atoms with E-state index in [0.29, 0.717) is 44.0 Å². The molecular weight excluding hydrogens is 622 g/mol. The van der Waals surface area contributed by atoms with Gasteiger partial charge in [-0.15, -0.1) is 0 Å². The number of primary amides is 1. The number of phenolic OH excluding ortho intramolecular Hbond substituents is 1. The molecule has 47 heavy (non-hydrogen) atoms. The predicted octanol–water partition coefficient (Wildman–Crippen LogP) is 1.43. The highest BCUT2D eigenvalue weighted by Gasteiger charge is 2.42. The van der Waals surface area contributed by atoms with Crippen molar-refractivity contribution in [3.05, 3.63) is 29.8 Å². The van der Waals surface area contributed by atoms with E-state index in [1.807, 2.05) is 32.5 Å². The number of hydrogen-bond acceptors (Lipinski definition) is 8. The topological polar surface area (TPSA) is 204 Å². The van der Waals surface area contributed by atoms with E-state index in [0.717, 1.165) is 30.6 Å². The third-order valence-corrected chi connectivity index (χ3v) is 9.97. The molecule has 9 N–H and O–H groups in total. The lowest BCUT2D eigenvalue weighted by atomic mass is 10.0. The summed E-state index contributed by atoms with van der Waals surface area (Å²) in [6.07, 6.45) is 5.24. The van der Waals surface area contributed by atoms with Crippen LogP contribution in [0.2, 0.25) is 0 Å². The van der Waals surface area contributed by atoms with Crippen LogP contribution in [0.1, 0.15) is 77.7 Å². The molecule has 1 aromatic rings. The number of unbranched alkanes of at least 4 members (excludes halogenated alkanes) is 2. The summed E-state index contributed by atoms with van der Waals surface area (Å²) in [5.41, 5.74) is 6.36. The number of rotatable bonds is 21. The van der Waals surface area contributed by atoms with Crippen LogP contribution < -0.4 is 37.6 Å². The van der Waals surface area contributed by atoms with E-state index in [4.69, 9.17) is 5.73 Å².